The molecule has 1 heterocycles. The standard InChI is InChI=1S/C14H14N2O4S/c1-3-20-14(17)13-11(15)7-12(21-13)10-6-9(16(18)19)5-4-8(10)2/h4-7H,3,15H2,1-2H3. The molecule has 0 fully saturated rings. The molecular formula is C14H14N2O4S. The molecule has 0 atom stereocenters. The molecule has 0 aliphatic carbocycles. The fourth-order valence-corrected chi connectivity index (χ4v) is 2.94. The molecule has 1 aromatic carbocycles. The number of hydrogen-bond acceptors (Lipinski definition) is 6. The van der Waals surface area contributed by atoms with Crippen molar-refractivity contribution in [3.05, 3.63) is 44.8 Å². The van der Waals surface area contributed by atoms with Gasteiger partial charge in [-0.3, -0.25) is 10.1 Å². The number of carbonyl (C=O) groups is 1. The number of nitrogen functional groups attached to an aromatic ring is 1. The van der Waals surface area contributed by atoms with Crippen LogP contribution in [0.3, 0.4) is 0 Å². The molecule has 0 bridgehead atoms. The predicted molar refractivity (Wildman–Crippen MR) is 81.5 cm³/mol. The van der Waals surface area contributed by atoms with Gasteiger partial charge >= 0.3 is 5.97 Å². The number of esters is 1. The summed E-state index contributed by atoms with van der Waals surface area (Å²) < 4.78 is 4.93. The molecule has 0 saturated carbocycles. The van der Waals surface area contributed by atoms with Crippen molar-refractivity contribution in [3.8, 4) is 10.4 Å². The van der Waals surface area contributed by atoms with Crippen LogP contribution in [0.4, 0.5) is 11.4 Å². The van der Waals surface area contributed by atoms with Crippen molar-refractivity contribution < 1.29 is 14.5 Å². The molecule has 2 aromatic rings. The number of non-ortho nitro benzene ring substituents is 1. The smallest absolute Gasteiger partial charge is 0.350 e. The second-order valence-electron chi connectivity index (χ2n) is 4.37. The lowest BCUT2D eigenvalue weighted by Crippen LogP contribution is -2.04. The highest BCUT2D eigenvalue weighted by atomic mass is 32.1. The quantitative estimate of drug-likeness (QED) is 0.530. The predicted octanol–water partition coefficient (Wildman–Crippen LogP) is 3.39. The fourth-order valence-electron chi connectivity index (χ4n) is 1.88. The number of thiophene rings is 1. The Morgan fingerprint density at radius 1 is 1.43 bits per heavy atom. The first-order valence-electron chi connectivity index (χ1n) is 6.26. The van der Waals surface area contributed by atoms with E-state index < -0.39 is 10.9 Å². The SMILES string of the molecule is CCOC(=O)c1sc(-c2cc([N+](=O)[O-])ccc2C)cc1N. The summed E-state index contributed by atoms with van der Waals surface area (Å²) in [7, 11) is 0. The van der Waals surface area contributed by atoms with E-state index in [0.29, 0.717) is 21.0 Å². The van der Waals surface area contributed by atoms with Crippen LogP contribution < -0.4 is 5.73 Å². The topological polar surface area (TPSA) is 95.5 Å². The highest BCUT2D eigenvalue weighted by Gasteiger charge is 2.18. The molecule has 1 aromatic heterocycles. The number of hydrogen-bond donors (Lipinski definition) is 1. The van der Waals surface area contributed by atoms with Gasteiger partial charge in [-0.05, 0) is 25.5 Å². The molecule has 0 aliphatic heterocycles. The number of nitrogens with zero attached hydrogens (tertiary/aromatic N) is 1. The Bertz CT molecular complexity index is 709. The molecular weight excluding hydrogens is 292 g/mol. The summed E-state index contributed by atoms with van der Waals surface area (Å²) in [4.78, 5) is 23.2. The molecule has 0 radical (unpaired) electrons. The summed E-state index contributed by atoms with van der Waals surface area (Å²) in [5.74, 6) is -0.477. The van der Waals surface area contributed by atoms with Crippen molar-refractivity contribution in [2.24, 2.45) is 0 Å². The molecule has 0 spiro atoms. The normalized spacial score (nSPS) is 10.4. The van der Waals surface area contributed by atoms with E-state index in [0.717, 1.165) is 5.56 Å². The molecule has 2 N–H and O–H groups in total. The summed E-state index contributed by atoms with van der Waals surface area (Å²) >= 11 is 1.17. The van der Waals surface area contributed by atoms with Crippen molar-refractivity contribution in [3.63, 3.8) is 0 Å². The molecule has 21 heavy (non-hydrogen) atoms. The molecule has 0 unspecified atom stereocenters. The van der Waals surface area contributed by atoms with Gasteiger partial charge in [-0.25, -0.2) is 4.79 Å². The van der Waals surface area contributed by atoms with Crippen LogP contribution >= 0.6 is 11.3 Å². The highest BCUT2D eigenvalue weighted by molar-refractivity contribution is 7.18. The molecule has 0 aliphatic rings. The van der Waals surface area contributed by atoms with Gasteiger partial charge in [0.1, 0.15) is 4.88 Å². The lowest BCUT2D eigenvalue weighted by Gasteiger charge is -2.02. The maximum Gasteiger partial charge on any atom is 0.350 e. The fraction of sp³-hybridized carbons (Fsp3) is 0.214. The van der Waals surface area contributed by atoms with Crippen molar-refractivity contribution in [2.45, 2.75) is 13.8 Å². The van der Waals surface area contributed by atoms with Gasteiger partial charge in [-0.15, -0.1) is 11.3 Å². The van der Waals surface area contributed by atoms with E-state index in [2.05, 4.69) is 0 Å². The number of nitrogens with two attached hydrogens (primary N) is 1. The third kappa shape index (κ3) is 3.03. The van der Waals surface area contributed by atoms with E-state index in [-0.39, 0.29) is 12.3 Å². The Kier molecular flexibility index (Phi) is 4.23. The average Bonchev–Trinajstić information content (AvgIpc) is 2.81. The number of benzene rings is 1. The molecule has 6 nitrogen and oxygen atoms in total. The van der Waals surface area contributed by atoms with Crippen LogP contribution in [-0.2, 0) is 4.74 Å². The van der Waals surface area contributed by atoms with Gasteiger partial charge in [0.2, 0.25) is 0 Å². The summed E-state index contributed by atoms with van der Waals surface area (Å²) in [6.45, 7) is 3.83. The second-order valence-corrected chi connectivity index (χ2v) is 5.42. The lowest BCUT2D eigenvalue weighted by atomic mass is 10.1. The minimum Gasteiger partial charge on any atom is -0.462 e. The minimum atomic E-state index is -0.477. The first kappa shape index (κ1) is 15.0. The Balaban J connectivity index is 2.48. The maximum atomic E-state index is 11.8. The van der Waals surface area contributed by atoms with E-state index in [1.165, 1.54) is 23.5 Å². The minimum absolute atomic E-state index is 0.000237. The van der Waals surface area contributed by atoms with Gasteiger partial charge in [-0.1, -0.05) is 6.07 Å². The maximum absolute atomic E-state index is 11.8. The number of nitro benzene ring substituents is 1. The van der Waals surface area contributed by atoms with Crippen LogP contribution in [0.15, 0.2) is 24.3 Å². The Morgan fingerprint density at radius 2 is 2.14 bits per heavy atom. The Morgan fingerprint density at radius 3 is 2.76 bits per heavy atom. The van der Waals surface area contributed by atoms with E-state index in [1.54, 1.807) is 19.1 Å². The van der Waals surface area contributed by atoms with E-state index in [9.17, 15) is 14.9 Å². The van der Waals surface area contributed by atoms with Crippen LogP contribution in [0, 0.1) is 17.0 Å². The number of anilines is 1. The van der Waals surface area contributed by atoms with Crippen LogP contribution in [0.5, 0.6) is 0 Å². The van der Waals surface area contributed by atoms with Gasteiger partial charge < -0.3 is 10.5 Å². The lowest BCUT2D eigenvalue weighted by molar-refractivity contribution is -0.384. The van der Waals surface area contributed by atoms with Crippen LogP contribution in [-0.4, -0.2) is 17.5 Å². The van der Waals surface area contributed by atoms with E-state index in [1.807, 2.05) is 6.92 Å². The molecule has 0 amide bonds. The third-order valence-electron chi connectivity index (χ3n) is 2.92. The molecule has 110 valence electrons. The van der Waals surface area contributed by atoms with E-state index in [4.69, 9.17) is 10.5 Å². The number of ether oxygens (including phenoxy) is 1. The third-order valence-corrected chi connectivity index (χ3v) is 4.08. The zero-order chi connectivity index (χ0) is 15.6. The number of carbonyl (C=O) groups excluding carboxylic acids is 1. The first-order chi connectivity index (χ1) is 9.93. The van der Waals surface area contributed by atoms with Crippen molar-refractivity contribution >= 4 is 28.7 Å². The average molecular weight is 306 g/mol. The van der Waals surface area contributed by atoms with Gasteiger partial charge in [0.05, 0.1) is 17.2 Å². The van der Waals surface area contributed by atoms with Crippen LogP contribution in [0.1, 0.15) is 22.2 Å². The summed E-state index contributed by atoms with van der Waals surface area (Å²) in [5.41, 5.74) is 7.72. The number of rotatable bonds is 4. The second kappa shape index (κ2) is 5.92. The monoisotopic (exact) mass is 306 g/mol. The van der Waals surface area contributed by atoms with Crippen molar-refractivity contribution in [1.29, 1.82) is 0 Å². The van der Waals surface area contributed by atoms with Crippen molar-refractivity contribution in [1.82, 2.24) is 0 Å². The van der Waals surface area contributed by atoms with Gasteiger partial charge in [0, 0.05) is 22.6 Å². The number of nitro groups is 1. The van der Waals surface area contributed by atoms with Gasteiger partial charge in [0.15, 0.2) is 0 Å². The molecule has 0 saturated heterocycles. The zero-order valence-electron chi connectivity index (χ0n) is 11.6. The summed E-state index contributed by atoms with van der Waals surface area (Å²) in [6.07, 6.45) is 0. The number of aryl methyl sites for hydroxylation is 1. The summed E-state index contributed by atoms with van der Waals surface area (Å²) in [6, 6.07) is 6.24. The van der Waals surface area contributed by atoms with E-state index >= 15 is 0 Å². The Labute approximate surface area is 125 Å². The zero-order valence-corrected chi connectivity index (χ0v) is 12.4. The first-order valence-corrected chi connectivity index (χ1v) is 7.07. The van der Waals surface area contributed by atoms with Gasteiger partial charge in [-0.2, -0.15) is 0 Å². The molecule has 2 rings (SSSR count). The van der Waals surface area contributed by atoms with Gasteiger partial charge in [0.25, 0.3) is 5.69 Å². The van der Waals surface area contributed by atoms with Crippen LogP contribution in [0.25, 0.3) is 10.4 Å². The van der Waals surface area contributed by atoms with Crippen molar-refractivity contribution in [2.75, 3.05) is 12.3 Å². The summed E-state index contributed by atoms with van der Waals surface area (Å²) in [5, 5.41) is 10.9. The largest absolute Gasteiger partial charge is 0.462 e. The Hall–Kier alpha value is -2.41. The highest BCUT2D eigenvalue weighted by Crippen LogP contribution is 2.36. The van der Waals surface area contributed by atoms with Crippen LogP contribution in [0.2, 0.25) is 0 Å². The molecule has 7 heteroatoms.